The van der Waals surface area contributed by atoms with E-state index in [0.29, 0.717) is 6.42 Å². The van der Waals surface area contributed by atoms with Crippen molar-refractivity contribution in [2.75, 3.05) is 13.1 Å². The fourth-order valence-electron chi connectivity index (χ4n) is 5.15. The van der Waals surface area contributed by atoms with Crippen LogP contribution in [0.1, 0.15) is 63.1 Å². The van der Waals surface area contributed by atoms with Gasteiger partial charge in [0.1, 0.15) is 18.8 Å². The zero-order chi connectivity index (χ0) is 17.3. The molecule has 1 aromatic carbocycles. The summed E-state index contributed by atoms with van der Waals surface area (Å²) in [4.78, 5) is 3.76. The minimum atomic E-state index is 0.181. The molecule has 3 heterocycles. The molecule has 2 aliphatic rings. The summed E-state index contributed by atoms with van der Waals surface area (Å²) in [6.07, 6.45) is 8.97. The normalized spacial score (nSPS) is 22.6. The largest absolute Gasteiger partial charge is 0.350 e. The Kier molecular flexibility index (Phi) is 4.37. The van der Waals surface area contributed by atoms with E-state index in [1.165, 1.54) is 66.5 Å². The number of hydrogen-bond donors (Lipinski definition) is 1. The first-order valence-electron chi connectivity index (χ1n) is 9.88. The summed E-state index contributed by atoms with van der Waals surface area (Å²) in [5.41, 5.74) is 5.85. The van der Waals surface area contributed by atoms with E-state index in [9.17, 15) is 5.26 Å². The number of aromatic amines is 1. The van der Waals surface area contributed by atoms with Crippen LogP contribution in [0.4, 0.5) is 0 Å². The first-order chi connectivity index (χ1) is 12.3. The number of rotatable bonds is 5. The molecule has 130 valence electrons. The van der Waals surface area contributed by atoms with Crippen LogP contribution in [0.3, 0.4) is 0 Å². The molecule has 0 fully saturated rings. The lowest BCUT2D eigenvalue weighted by Gasteiger charge is -2.37. The lowest BCUT2D eigenvalue weighted by atomic mass is 9.67. The van der Waals surface area contributed by atoms with Crippen LogP contribution < -0.4 is 0 Å². The Labute approximate surface area is 150 Å². The minimum Gasteiger partial charge on any atom is -0.350 e. The van der Waals surface area contributed by atoms with Crippen molar-refractivity contribution < 1.29 is 4.58 Å². The van der Waals surface area contributed by atoms with Gasteiger partial charge in [0.05, 0.1) is 11.5 Å². The predicted octanol–water partition coefficient (Wildman–Crippen LogP) is 4.80. The van der Waals surface area contributed by atoms with Gasteiger partial charge >= 0.3 is 0 Å². The van der Waals surface area contributed by atoms with Crippen molar-refractivity contribution in [1.82, 2.24) is 4.98 Å². The number of aromatic nitrogens is 1. The molecule has 2 aromatic rings. The fraction of sp³-hybridized carbons (Fsp3) is 0.545. The Morgan fingerprint density at radius 1 is 1.24 bits per heavy atom. The molecule has 4 rings (SSSR count). The molecule has 25 heavy (non-hydrogen) atoms. The average Bonchev–Trinajstić information content (AvgIpc) is 3.03. The van der Waals surface area contributed by atoms with Crippen molar-refractivity contribution in [3.8, 4) is 6.07 Å². The van der Waals surface area contributed by atoms with Crippen molar-refractivity contribution in [2.45, 2.75) is 58.3 Å². The molecule has 1 aromatic heterocycles. The molecule has 0 saturated heterocycles. The van der Waals surface area contributed by atoms with E-state index in [0.717, 1.165) is 19.4 Å². The molecule has 0 spiro atoms. The van der Waals surface area contributed by atoms with Crippen LogP contribution in [-0.2, 0) is 6.42 Å². The maximum atomic E-state index is 9.26. The summed E-state index contributed by atoms with van der Waals surface area (Å²) in [5, 5.41) is 10.7. The van der Waals surface area contributed by atoms with Crippen LogP contribution in [0.2, 0.25) is 0 Å². The van der Waals surface area contributed by atoms with Gasteiger partial charge in [0.15, 0.2) is 0 Å². The number of benzene rings is 1. The quantitative estimate of drug-likeness (QED) is 0.784. The molecule has 0 saturated carbocycles. The molecule has 0 aliphatic carbocycles. The van der Waals surface area contributed by atoms with Gasteiger partial charge in [-0.25, -0.2) is 4.58 Å². The summed E-state index contributed by atoms with van der Waals surface area (Å²) in [6, 6.07) is 11.1. The molecule has 0 radical (unpaired) electrons. The van der Waals surface area contributed by atoms with E-state index in [2.05, 4.69) is 46.8 Å². The summed E-state index contributed by atoms with van der Waals surface area (Å²) in [6.45, 7) is 4.58. The Morgan fingerprint density at radius 2 is 2.12 bits per heavy atom. The number of para-hydroxylation sites is 1. The lowest BCUT2D eigenvalue weighted by Crippen LogP contribution is -2.46. The highest BCUT2D eigenvalue weighted by atomic mass is 15.1. The molecule has 1 N–H and O–H groups in total. The smallest absolute Gasteiger partial charge is 0.206 e. The molecule has 0 amide bonds. The maximum Gasteiger partial charge on any atom is 0.206 e. The molecule has 3 heteroatoms. The second kappa shape index (κ2) is 6.67. The molecule has 3 nitrogen and oxygen atoms in total. The summed E-state index contributed by atoms with van der Waals surface area (Å²) in [5.74, 6) is 0. The highest BCUT2D eigenvalue weighted by Gasteiger charge is 2.47. The third kappa shape index (κ3) is 2.68. The minimum absolute atomic E-state index is 0.181. The molecule has 1 unspecified atom stereocenters. The molecule has 0 bridgehead atoms. The van der Waals surface area contributed by atoms with Crippen LogP contribution in [0.15, 0.2) is 24.3 Å². The number of nitrogens with one attached hydrogen (secondary N) is 1. The lowest BCUT2D eigenvalue weighted by molar-refractivity contribution is -0.538. The Hall–Kier alpha value is -2.08. The van der Waals surface area contributed by atoms with E-state index < -0.39 is 0 Å². The molecular formula is C22H28N3+. The number of hydrogen-bond acceptors (Lipinski definition) is 1. The van der Waals surface area contributed by atoms with Gasteiger partial charge in [-0.1, -0.05) is 38.0 Å². The predicted molar refractivity (Wildman–Crippen MR) is 102 cm³/mol. The van der Waals surface area contributed by atoms with Gasteiger partial charge in [0.25, 0.3) is 0 Å². The Morgan fingerprint density at radius 3 is 2.96 bits per heavy atom. The highest BCUT2D eigenvalue weighted by Crippen LogP contribution is 2.44. The van der Waals surface area contributed by atoms with Crippen molar-refractivity contribution in [3.05, 3.63) is 35.5 Å². The van der Waals surface area contributed by atoms with Crippen LogP contribution in [0, 0.1) is 16.7 Å². The van der Waals surface area contributed by atoms with Crippen molar-refractivity contribution in [2.24, 2.45) is 5.41 Å². The van der Waals surface area contributed by atoms with Crippen molar-refractivity contribution in [3.63, 3.8) is 0 Å². The third-order valence-electron chi connectivity index (χ3n) is 6.31. The van der Waals surface area contributed by atoms with Crippen LogP contribution in [-0.4, -0.2) is 28.4 Å². The molecule has 2 aliphatic heterocycles. The maximum absolute atomic E-state index is 9.26. The van der Waals surface area contributed by atoms with Gasteiger partial charge in [0, 0.05) is 30.2 Å². The Balaban J connectivity index is 1.87. The first-order valence-corrected chi connectivity index (χ1v) is 9.88. The number of nitrogens with zero attached hydrogens (tertiary/aromatic N) is 2. The van der Waals surface area contributed by atoms with Gasteiger partial charge in [0.2, 0.25) is 5.71 Å². The third-order valence-corrected chi connectivity index (χ3v) is 6.31. The van der Waals surface area contributed by atoms with Gasteiger partial charge in [-0.3, -0.25) is 0 Å². The van der Waals surface area contributed by atoms with Crippen molar-refractivity contribution >= 4 is 16.6 Å². The van der Waals surface area contributed by atoms with Gasteiger partial charge in [-0.15, -0.1) is 0 Å². The number of H-pyrrole nitrogens is 1. The zero-order valence-electron chi connectivity index (χ0n) is 15.3. The van der Waals surface area contributed by atoms with Crippen molar-refractivity contribution in [1.29, 1.82) is 5.26 Å². The first kappa shape index (κ1) is 16.4. The van der Waals surface area contributed by atoms with Crippen LogP contribution in [0.25, 0.3) is 10.9 Å². The Bertz CT molecular complexity index is 852. The second-order valence-electron chi connectivity index (χ2n) is 7.76. The summed E-state index contributed by atoms with van der Waals surface area (Å²) >= 11 is 0. The average molecular weight is 334 g/mol. The number of fused-ring (bicyclic) bond motifs is 4. The second-order valence-corrected chi connectivity index (χ2v) is 7.76. The van der Waals surface area contributed by atoms with Crippen LogP contribution in [0.5, 0.6) is 0 Å². The number of nitriles is 1. The monoisotopic (exact) mass is 334 g/mol. The van der Waals surface area contributed by atoms with E-state index in [1.54, 1.807) is 0 Å². The van der Waals surface area contributed by atoms with Gasteiger partial charge in [-0.2, -0.15) is 5.26 Å². The molecular weight excluding hydrogens is 306 g/mol. The summed E-state index contributed by atoms with van der Waals surface area (Å²) < 4.78 is 2.63. The van der Waals surface area contributed by atoms with E-state index in [-0.39, 0.29) is 5.41 Å². The van der Waals surface area contributed by atoms with Gasteiger partial charge < -0.3 is 4.98 Å². The zero-order valence-corrected chi connectivity index (χ0v) is 15.3. The number of unbranched alkanes of at least 4 members (excludes halogenated alkanes) is 1. The summed E-state index contributed by atoms with van der Waals surface area (Å²) in [7, 11) is 0. The van der Waals surface area contributed by atoms with E-state index in [4.69, 9.17) is 0 Å². The van der Waals surface area contributed by atoms with Gasteiger partial charge in [-0.05, 0) is 30.9 Å². The van der Waals surface area contributed by atoms with E-state index >= 15 is 0 Å². The highest BCUT2D eigenvalue weighted by molar-refractivity contribution is 6.06. The standard InChI is InChI=1S/C22H27N3/c1-2-3-11-22(12-6-14-23)13-7-15-25-16-10-18-17-8-4-5-9-19(17)24-20(18)21(22)25/h4-5,8-9H,2-3,6-7,10-13,15-16H2,1H3/p+1. The topological polar surface area (TPSA) is 42.6 Å². The molecule has 1 atom stereocenters. The van der Waals surface area contributed by atoms with E-state index in [1.807, 2.05) is 0 Å². The SMILES string of the molecule is CCCCC1(CCC#N)CCC[N+]2=C1c1[nH]c3ccccc3c1CC2. The fourth-order valence-corrected chi connectivity index (χ4v) is 5.15. The van der Waals surface area contributed by atoms with Crippen LogP contribution >= 0.6 is 0 Å².